The molecule has 6 rings (SSSR count). The van der Waals surface area contributed by atoms with Gasteiger partial charge in [0.25, 0.3) is 0 Å². The van der Waals surface area contributed by atoms with E-state index in [1.807, 2.05) is 12.2 Å². The maximum atomic E-state index is 4.15. The molecular weight excluding hydrogens is 504 g/mol. The molecule has 0 N–H and O–H groups in total. The van der Waals surface area contributed by atoms with Gasteiger partial charge in [-0.3, -0.25) is 0 Å². The van der Waals surface area contributed by atoms with Crippen molar-refractivity contribution in [2.45, 2.75) is 19.3 Å². The molecule has 0 nitrogen and oxygen atoms in total. The lowest BCUT2D eigenvalue weighted by molar-refractivity contribution is 0.603. The van der Waals surface area contributed by atoms with Crippen LogP contribution < -0.4 is 10.4 Å². The highest BCUT2D eigenvalue weighted by Crippen LogP contribution is 2.44. The third kappa shape index (κ3) is 5.71. The summed E-state index contributed by atoms with van der Waals surface area (Å²) in [6, 6.07) is 19.6. The molecule has 4 aliphatic rings. The predicted octanol–water partition coefficient (Wildman–Crippen LogP) is 9.08. The smallest absolute Gasteiger partial charge is 0.0128 e. The molecule has 2 aromatic carbocycles. The number of rotatable bonds is 6. The molecule has 0 heteroatoms. The Morgan fingerprint density at radius 3 is 2.24 bits per heavy atom. The van der Waals surface area contributed by atoms with Gasteiger partial charge in [0.2, 0.25) is 0 Å². The van der Waals surface area contributed by atoms with Gasteiger partial charge in [-0.25, -0.2) is 0 Å². The van der Waals surface area contributed by atoms with Gasteiger partial charge in [0.1, 0.15) is 0 Å². The monoisotopic (exact) mass is 542 g/mol. The number of hydrogen-bond acceptors (Lipinski definition) is 0. The van der Waals surface area contributed by atoms with Gasteiger partial charge < -0.3 is 0 Å². The molecule has 0 fully saturated rings. The summed E-state index contributed by atoms with van der Waals surface area (Å²) in [6.45, 7) is 8.13. The third-order valence-electron chi connectivity index (χ3n) is 8.73. The summed E-state index contributed by atoms with van der Waals surface area (Å²) in [5.74, 6) is 0.690. The zero-order chi connectivity index (χ0) is 28.7. The van der Waals surface area contributed by atoms with Crippen LogP contribution in [0.25, 0.3) is 17.2 Å². The minimum Gasteiger partial charge on any atom is -0.0991 e. The lowest BCUT2D eigenvalue weighted by Crippen LogP contribution is -2.31. The molecule has 0 saturated heterocycles. The fourth-order valence-electron chi connectivity index (χ4n) is 6.76. The van der Waals surface area contributed by atoms with E-state index in [0.29, 0.717) is 0 Å². The second-order valence-electron chi connectivity index (χ2n) is 11.2. The van der Waals surface area contributed by atoms with Gasteiger partial charge in [-0.05, 0) is 68.7 Å². The first kappa shape index (κ1) is 27.5. The van der Waals surface area contributed by atoms with E-state index in [2.05, 4.69) is 153 Å². The Balaban J connectivity index is 1.50. The van der Waals surface area contributed by atoms with Crippen molar-refractivity contribution in [3.8, 4) is 0 Å². The van der Waals surface area contributed by atoms with Gasteiger partial charge in [-0.1, -0.05) is 165 Å². The van der Waals surface area contributed by atoms with Crippen LogP contribution in [0, 0.1) is 17.8 Å². The normalized spacial score (nSPS) is 27.4. The SMILES string of the molecule is C=C/C=C(\C=C)C1C=C(c2ccccc2)C=C(\C2=C/C=C\C=C/C=C(\C3=c4ccccc4=CCC3)C3C=CC=CC23)C1. The van der Waals surface area contributed by atoms with Gasteiger partial charge in [0.05, 0.1) is 0 Å². The summed E-state index contributed by atoms with van der Waals surface area (Å²) in [5, 5.41) is 2.73. The standard InChI is InChI=1S/C42H38/c1-3-17-31(4-2)34-28-35(32-18-8-7-9-19-32)30-36(29-34)38-22-10-5-6-11-24-41(42-26-15-14-25-39(38)42)40-27-16-21-33-20-12-13-23-37(33)40/h3-15,17-26,28,30,34,39,42H,1-2,16,27,29H2/b10-5-,11-6-,31-17+,38-22+,41-24+. The minimum absolute atomic E-state index is 0.223. The molecule has 0 aromatic heterocycles. The highest BCUT2D eigenvalue weighted by molar-refractivity contribution is 5.78. The van der Waals surface area contributed by atoms with Crippen LogP contribution in [-0.2, 0) is 0 Å². The zero-order valence-corrected chi connectivity index (χ0v) is 24.2. The molecular formula is C42H38. The number of benzene rings is 2. The van der Waals surface area contributed by atoms with E-state index in [-0.39, 0.29) is 17.8 Å². The van der Waals surface area contributed by atoms with E-state index in [9.17, 15) is 0 Å². The van der Waals surface area contributed by atoms with E-state index in [0.717, 1.165) is 19.3 Å². The lowest BCUT2D eigenvalue weighted by atomic mass is 9.70. The lowest BCUT2D eigenvalue weighted by Gasteiger charge is -2.34. The molecule has 0 radical (unpaired) electrons. The van der Waals surface area contributed by atoms with E-state index in [4.69, 9.17) is 0 Å². The van der Waals surface area contributed by atoms with Crippen LogP contribution in [0.4, 0.5) is 0 Å². The van der Waals surface area contributed by atoms with Crippen LogP contribution in [0.5, 0.6) is 0 Å². The molecule has 0 heterocycles. The second kappa shape index (κ2) is 12.9. The summed E-state index contributed by atoms with van der Waals surface area (Å²) in [4.78, 5) is 0. The predicted molar refractivity (Wildman–Crippen MR) is 182 cm³/mol. The van der Waals surface area contributed by atoms with Gasteiger partial charge in [0, 0.05) is 17.8 Å². The summed E-state index contributed by atoms with van der Waals surface area (Å²) in [7, 11) is 0. The first-order chi connectivity index (χ1) is 20.8. The molecule has 0 bridgehead atoms. The van der Waals surface area contributed by atoms with Crippen LogP contribution in [0.2, 0.25) is 0 Å². The van der Waals surface area contributed by atoms with E-state index in [1.165, 1.54) is 49.4 Å². The van der Waals surface area contributed by atoms with Crippen molar-refractivity contribution >= 4 is 17.2 Å². The summed E-state index contributed by atoms with van der Waals surface area (Å²) in [6.07, 6.45) is 39.0. The van der Waals surface area contributed by atoms with E-state index in [1.54, 1.807) is 0 Å². The van der Waals surface area contributed by atoms with Crippen LogP contribution in [0.15, 0.2) is 181 Å². The first-order valence-corrected chi connectivity index (χ1v) is 15.1. The first-order valence-electron chi connectivity index (χ1n) is 15.1. The Bertz CT molecular complexity index is 1770. The Labute approximate surface area is 250 Å². The maximum Gasteiger partial charge on any atom is 0.0128 e. The highest BCUT2D eigenvalue weighted by Gasteiger charge is 2.31. The van der Waals surface area contributed by atoms with Gasteiger partial charge in [0.15, 0.2) is 0 Å². The molecule has 2 aromatic rings. The summed E-state index contributed by atoms with van der Waals surface area (Å²) < 4.78 is 0. The van der Waals surface area contributed by atoms with E-state index < -0.39 is 0 Å². The fraction of sp³-hybridized carbons (Fsp3) is 0.143. The molecule has 3 atom stereocenters. The van der Waals surface area contributed by atoms with Crippen molar-refractivity contribution in [1.29, 1.82) is 0 Å². The van der Waals surface area contributed by atoms with Crippen LogP contribution >= 0.6 is 0 Å². The maximum absolute atomic E-state index is 4.15. The van der Waals surface area contributed by atoms with Crippen molar-refractivity contribution in [2.75, 3.05) is 0 Å². The highest BCUT2D eigenvalue weighted by atomic mass is 14.3. The Hall–Kier alpha value is -4.68. The van der Waals surface area contributed by atoms with Crippen LogP contribution in [-0.4, -0.2) is 0 Å². The molecule has 0 aliphatic heterocycles. The number of hydrogen-bond donors (Lipinski definition) is 0. The van der Waals surface area contributed by atoms with Crippen molar-refractivity contribution in [3.05, 3.63) is 197 Å². The molecule has 0 spiro atoms. The van der Waals surface area contributed by atoms with Crippen molar-refractivity contribution in [1.82, 2.24) is 0 Å². The van der Waals surface area contributed by atoms with Gasteiger partial charge in [-0.15, -0.1) is 0 Å². The fourth-order valence-corrected chi connectivity index (χ4v) is 6.76. The van der Waals surface area contributed by atoms with Crippen molar-refractivity contribution in [3.63, 3.8) is 0 Å². The van der Waals surface area contributed by atoms with E-state index >= 15 is 0 Å². The molecule has 42 heavy (non-hydrogen) atoms. The molecule has 0 amide bonds. The molecule has 4 aliphatic carbocycles. The molecule has 0 saturated carbocycles. The minimum atomic E-state index is 0.223. The zero-order valence-electron chi connectivity index (χ0n) is 24.2. The number of fused-ring (bicyclic) bond motifs is 2. The largest absolute Gasteiger partial charge is 0.0991 e. The van der Waals surface area contributed by atoms with Gasteiger partial charge >= 0.3 is 0 Å². The third-order valence-corrected chi connectivity index (χ3v) is 8.73. The Morgan fingerprint density at radius 1 is 0.762 bits per heavy atom. The van der Waals surface area contributed by atoms with Crippen molar-refractivity contribution < 1.29 is 0 Å². The Morgan fingerprint density at radius 2 is 1.48 bits per heavy atom. The Kier molecular flexibility index (Phi) is 8.43. The molecule has 3 unspecified atom stereocenters. The topological polar surface area (TPSA) is 0 Å². The average Bonchev–Trinajstić information content (AvgIpc) is 3.05. The van der Waals surface area contributed by atoms with Crippen LogP contribution in [0.1, 0.15) is 24.8 Å². The van der Waals surface area contributed by atoms with Crippen LogP contribution in [0.3, 0.4) is 0 Å². The average molecular weight is 543 g/mol. The summed E-state index contributed by atoms with van der Waals surface area (Å²) in [5.41, 5.74) is 9.34. The van der Waals surface area contributed by atoms with Crippen molar-refractivity contribution in [2.24, 2.45) is 17.8 Å². The quantitative estimate of drug-likeness (QED) is 0.319. The second-order valence-corrected chi connectivity index (χ2v) is 11.2. The number of allylic oxidation sites excluding steroid dienone is 20. The van der Waals surface area contributed by atoms with Gasteiger partial charge in [-0.2, -0.15) is 0 Å². The molecule has 206 valence electrons. The summed E-state index contributed by atoms with van der Waals surface area (Å²) >= 11 is 0.